The maximum atomic E-state index is 12.4. The number of aromatic nitrogens is 1. The predicted molar refractivity (Wildman–Crippen MR) is 84.8 cm³/mol. The number of hydrogen-bond acceptors (Lipinski definition) is 4. The highest BCUT2D eigenvalue weighted by molar-refractivity contribution is 7.89. The molecule has 0 unspecified atom stereocenters. The molecule has 0 amide bonds. The number of hydrogen-bond donors (Lipinski definition) is 2. The molecule has 0 aliphatic heterocycles. The molecule has 1 aliphatic rings. The van der Waals surface area contributed by atoms with Crippen molar-refractivity contribution in [2.45, 2.75) is 50.8 Å². The van der Waals surface area contributed by atoms with Crippen LogP contribution in [-0.2, 0) is 10.0 Å². The van der Waals surface area contributed by atoms with Crippen molar-refractivity contribution < 1.29 is 8.42 Å². The third kappa shape index (κ3) is 4.41. The normalized spacial score (nSPS) is 16.7. The van der Waals surface area contributed by atoms with Gasteiger partial charge in [-0.05, 0) is 37.2 Å². The van der Waals surface area contributed by atoms with Crippen LogP contribution in [-0.4, -0.2) is 26.5 Å². The number of nitrogens with zero attached hydrogens (tertiary/aromatic N) is 1. The van der Waals surface area contributed by atoms with Crippen molar-refractivity contribution in [2.75, 3.05) is 18.4 Å². The maximum absolute atomic E-state index is 12.4. The van der Waals surface area contributed by atoms with E-state index in [1.807, 2.05) is 0 Å². The SMILES string of the molecule is CCCNc1cc(S(=O)(=O)NCC2(CCC)CC2)ccn1. The molecule has 1 heterocycles. The van der Waals surface area contributed by atoms with Crippen LogP contribution in [0.25, 0.3) is 0 Å². The summed E-state index contributed by atoms with van der Waals surface area (Å²) in [6.45, 7) is 5.52. The monoisotopic (exact) mass is 311 g/mol. The van der Waals surface area contributed by atoms with Gasteiger partial charge in [0.25, 0.3) is 0 Å². The zero-order chi connectivity index (χ0) is 15.3. The number of anilines is 1. The van der Waals surface area contributed by atoms with Gasteiger partial charge >= 0.3 is 0 Å². The molecule has 0 aromatic carbocycles. The van der Waals surface area contributed by atoms with E-state index in [2.05, 4.69) is 28.9 Å². The Morgan fingerprint density at radius 1 is 1.29 bits per heavy atom. The van der Waals surface area contributed by atoms with Crippen LogP contribution in [0.3, 0.4) is 0 Å². The van der Waals surface area contributed by atoms with E-state index < -0.39 is 10.0 Å². The molecule has 0 atom stereocenters. The Morgan fingerprint density at radius 3 is 2.67 bits per heavy atom. The lowest BCUT2D eigenvalue weighted by Gasteiger charge is -2.15. The van der Waals surface area contributed by atoms with Gasteiger partial charge in [0.15, 0.2) is 0 Å². The smallest absolute Gasteiger partial charge is 0.240 e. The second kappa shape index (κ2) is 6.75. The minimum absolute atomic E-state index is 0.206. The maximum Gasteiger partial charge on any atom is 0.240 e. The van der Waals surface area contributed by atoms with Crippen molar-refractivity contribution in [3.8, 4) is 0 Å². The molecule has 0 radical (unpaired) electrons. The summed E-state index contributed by atoms with van der Waals surface area (Å²) in [5, 5.41) is 3.11. The van der Waals surface area contributed by atoms with Gasteiger partial charge in [0.1, 0.15) is 5.82 Å². The van der Waals surface area contributed by atoms with E-state index in [0.29, 0.717) is 12.4 Å². The molecule has 1 aromatic heterocycles. The van der Waals surface area contributed by atoms with Crippen LogP contribution in [0.1, 0.15) is 46.0 Å². The van der Waals surface area contributed by atoms with Gasteiger partial charge in [0.2, 0.25) is 10.0 Å². The Morgan fingerprint density at radius 2 is 2.05 bits per heavy atom. The summed E-state index contributed by atoms with van der Waals surface area (Å²) in [6.07, 6.45) is 6.95. The second-order valence-electron chi connectivity index (χ2n) is 5.88. The molecule has 21 heavy (non-hydrogen) atoms. The lowest BCUT2D eigenvalue weighted by molar-refractivity contribution is 0.449. The lowest BCUT2D eigenvalue weighted by atomic mass is 10.0. The highest BCUT2D eigenvalue weighted by Gasteiger charge is 2.42. The van der Waals surface area contributed by atoms with Crippen LogP contribution in [0, 0.1) is 5.41 Å². The number of rotatable bonds is 9. The molecular formula is C15H25N3O2S. The zero-order valence-corrected chi connectivity index (χ0v) is 13.7. The third-order valence-electron chi connectivity index (χ3n) is 3.97. The first kappa shape index (κ1) is 16.2. The Labute approximate surface area is 127 Å². The van der Waals surface area contributed by atoms with Crippen LogP contribution in [0.5, 0.6) is 0 Å². The van der Waals surface area contributed by atoms with E-state index in [0.717, 1.165) is 38.6 Å². The van der Waals surface area contributed by atoms with Crippen LogP contribution in [0.15, 0.2) is 23.2 Å². The Hall–Kier alpha value is -1.14. The van der Waals surface area contributed by atoms with E-state index in [9.17, 15) is 8.42 Å². The summed E-state index contributed by atoms with van der Waals surface area (Å²) < 4.78 is 27.5. The van der Waals surface area contributed by atoms with Gasteiger partial charge in [0, 0.05) is 25.4 Å². The Kier molecular flexibility index (Phi) is 5.22. The predicted octanol–water partition coefficient (Wildman–Crippen LogP) is 2.76. The first-order chi connectivity index (χ1) is 10.0. The summed E-state index contributed by atoms with van der Waals surface area (Å²) in [5.74, 6) is 0.606. The molecule has 2 rings (SSSR count). The largest absolute Gasteiger partial charge is 0.370 e. The van der Waals surface area contributed by atoms with Crippen molar-refractivity contribution in [3.63, 3.8) is 0 Å². The van der Waals surface area contributed by atoms with Crippen molar-refractivity contribution in [3.05, 3.63) is 18.3 Å². The average molecular weight is 311 g/mol. The van der Waals surface area contributed by atoms with E-state index in [1.165, 1.54) is 6.20 Å². The molecule has 1 aromatic rings. The van der Waals surface area contributed by atoms with E-state index in [1.54, 1.807) is 12.1 Å². The van der Waals surface area contributed by atoms with Crippen LogP contribution < -0.4 is 10.0 Å². The van der Waals surface area contributed by atoms with Crippen molar-refractivity contribution in [2.24, 2.45) is 5.41 Å². The molecule has 0 bridgehead atoms. The average Bonchev–Trinajstić information content (AvgIpc) is 3.24. The molecule has 0 saturated heterocycles. The van der Waals surface area contributed by atoms with Gasteiger partial charge in [-0.25, -0.2) is 18.1 Å². The Balaban J connectivity index is 2.02. The summed E-state index contributed by atoms with van der Waals surface area (Å²) >= 11 is 0. The molecule has 1 fully saturated rings. The highest BCUT2D eigenvalue weighted by atomic mass is 32.2. The first-order valence-electron chi connectivity index (χ1n) is 7.71. The van der Waals surface area contributed by atoms with Crippen LogP contribution in [0.4, 0.5) is 5.82 Å². The van der Waals surface area contributed by atoms with Gasteiger partial charge in [-0.1, -0.05) is 20.3 Å². The van der Waals surface area contributed by atoms with Crippen LogP contribution in [0.2, 0.25) is 0 Å². The van der Waals surface area contributed by atoms with Gasteiger partial charge in [0.05, 0.1) is 4.90 Å². The second-order valence-corrected chi connectivity index (χ2v) is 7.65. The molecular weight excluding hydrogens is 286 g/mol. The quantitative estimate of drug-likeness (QED) is 0.735. The number of pyridine rings is 1. The summed E-state index contributed by atoms with van der Waals surface area (Å²) in [6, 6.07) is 3.14. The fraction of sp³-hybridized carbons (Fsp3) is 0.667. The van der Waals surface area contributed by atoms with Gasteiger partial charge in [-0.2, -0.15) is 0 Å². The molecule has 6 heteroatoms. The molecule has 118 valence electrons. The molecule has 0 spiro atoms. The topological polar surface area (TPSA) is 71.1 Å². The van der Waals surface area contributed by atoms with E-state index in [4.69, 9.17) is 0 Å². The van der Waals surface area contributed by atoms with Crippen LogP contribution >= 0.6 is 0 Å². The first-order valence-corrected chi connectivity index (χ1v) is 9.19. The Bertz CT molecular complexity index is 568. The van der Waals surface area contributed by atoms with E-state index >= 15 is 0 Å². The molecule has 1 aliphatic carbocycles. The van der Waals surface area contributed by atoms with Gasteiger partial charge in [-0.3, -0.25) is 0 Å². The molecule has 1 saturated carbocycles. The summed E-state index contributed by atoms with van der Waals surface area (Å²) in [5.41, 5.74) is 0.206. The number of nitrogens with one attached hydrogen (secondary N) is 2. The van der Waals surface area contributed by atoms with Crippen molar-refractivity contribution in [1.82, 2.24) is 9.71 Å². The summed E-state index contributed by atoms with van der Waals surface area (Å²) in [7, 11) is -3.45. The lowest BCUT2D eigenvalue weighted by Crippen LogP contribution is -2.30. The number of sulfonamides is 1. The fourth-order valence-corrected chi connectivity index (χ4v) is 3.65. The molecule has 2 N–H and O–H groups in total. The van der Waals surface area contributed by atoms with Crippen molar-refractivity contribution in [1.29, 1.82) is 0 Å². The van der Waals surface area contributed by atoms with Crippen molar-refractivity contribution >= 4 is 15.8 Å². The van der Waals surface area contributed by atoms with E-state index in [-0.39, 0.29) is 10.3 Å². The fourth-order valence-electron chi connectivity index (χ4n) is 2.48. The minimum atomic E-state index is -3.45. The highest BCUT2D eigenvalue weighted by Crippen LogP contribution is 2.49. The standard InChI is InChI=1S/C15H25N3O2S/c1-3-6-15(7-8-15)12-18-21(19,20)13-5-10-17-14(11-13)16-9-4-2/h5,10-11,18H,3-4,6-9,12H2,1-2H3,(H,16,17). The molecule has 5 nitrogen and oxygen atoms in total. The summed E-state index contributed by atoms with van der Waals surface area (Å²) in [4.78, 5) is 4.42. The van der Waals surface area contributed by atoms with Gasteiger partial charge < -0.3 is 5.32 Å². The third-order valence-corrected chi connectivity index (χ3v) is 5.37. The minimum Gasteiger partial charge on any atom is -0.370 e. The van der Waals surface area contributed by atoms with Gasteiger partial charge in [-0.15, -0.1) is 0 Å². The zero-order valence-electron chi connectivity index (χ0n) is 12.9.